The van der Waals surface area contributed by atoms with E-state index < -0.39 is 0 Å². The minimum Gasteiger partial charge on any atom is -0.493 e. The Bertz CT molecular complexity index is 921. The summed E-state index contributed by atoms with van der Waals surface area (Å²) in [6, 6.07) is 12.2. The Morgan fingerprint density at radius 1 is 0.853 bits per heavy atom. The molecule has 0 aliphatic carbocycles. The van der Waals surface area contributed by atoms with Crippen molar-refractivity contribution in [3.8, 4) is 11.5 Å². The van der Waals surface area contributed by atoms with Crippen LogP contribution in [0.15, 0.2) is 48.5 Å². The first kappa shape index (κ1) is 27.0. The first-order valence-electron chi connectivity index (χ1n) is 12.1. The predicted molar refractivity (Wildman–Crippen MR) is 137 cm³/mol. The average molecular weight is 468 g/mol. The van der Waals surface area contributed by atoms with E-state index in [1.165, 1.54) is 18.9 Å². The second kappa shape index (κ2) is 15.5. The van der Waals surface area contributed by atoms with Gasteiger partial charge >= 0.3 is 5.97 Å². The highest BCUT2D eigenvalue weighted by molar-refractivity contribution is 6.02. The number of hydrogen-bond acceptors (Lipinski definition) is 5. The number of ether oxygens (including phenoxy) is 3. The highest BCUT2D eigenvalue weighted by Gasteiger charge is 2.08. The van der Waals surface area contributed by atoms with Gasteiger partial charge < -0.3 is 19.5 Å². The molecule has 2 aromatic carbocycles. The van der Waals surface area contributed by atoms with E-state index >= 15 is 0 Å². The lowest BCUT2D eigenvalue weighted by molar-refractivity contribution is -0.111. The van der Waals surface area contributed by atoms with Crippen LogP contribution in [-0.4, -0.2) is 32.2 Å². The van der Waals surface area contributed by atoms with Gasteiger partial charge in [0.2, 0.25) is 5.91 Å². The number of unbranched alkanes of at least 4 members (excludes halogenated alkanes) is 5. The smallest absolute Gasteiger partial charge is 0.338 e. The van der Waals surface area contributed by atoms with Crippen molar-refractivity contribution in [1.82, 2.24) is 0 Å². The zero-order valence-corrected chi connectivity index (χ0v) is 20.6. The fourth-order valence-electron chi connectivity index (χ4n) is 3.26. The monoisotopic (exact) mass is 467 g/mol. The van der Waals surface area contributed by atoms with Gasteiger partial charge in [-0.15, -0.1) is 0 Å². The Morgan fingerprint density at radius 3 is 2.26 bits per heavy atom. The molecular formula is C28H37NO5. The van der Waals surface area contributed by atoms with Gasteiger partial charge in [0.15, 0.2) is 11.5 Å². The molecule has 0 unspecified atom stereocenters. The summed E-state index contributed by atoms with van der Waals surface area (Å²) in [6.07, 6.45) is 10.7. The lowest BCUT2D eigenvalue weighted by Crippen LogP contribution is -2.09. The zero-order chi connectivity index (χ0) is 24.6. The molecule has 2 aromatic rings. The van der Waals surface area contributed by atoms with Crippen LogP contribution in [0, 0.1) is 0 Å². The van der Waals surface area contributed by atoms with Crippen molar-refractivity contribution >= 4 is 23.6 Å². The minimum absolute atomic E-state index is 0.273. The Kier molecular flexibility index (Phi) is 12.3. The van der Waals surface area contributed by atoms with Crippen molar-refractivity contribution in [2.45, 2.75) is 58.8 Å². The van der Waals surface area contributed by atoms with Crippen molar-refractivity contribution in [3.63, 3.8) is 0 Å². The summed E-state index contributed by atoms with van der Waals surface area (Å²) in [5, 5.41) is 2.79. The van der Waals surface area contributed by atoms with E-state index in [1.54, 1.807) is 37.5 Å². The molecule has 0 spiro atoms. The number of carbonyl (C=O) groups is 2. The fourth-order valence-corrected chi connectivity index (χ4v) is 3.26. The lowest BCUT2D eigenvalue weighted by atomic mass is 10.1. The van der Waals surface area contributed by atoms with Crippen molar-refractivity contribution in [1.29, 1.82) is 0 Å². The Morgan fingerprint density at radius 2 is 1.56 bits per heavy atom. The van der Waals surface area contributed by atoms with Crippen LogP contribution in [0.1, 0.15) is 74.7 Å². The van der Waals surface area contributed by atoms with Gasteiger partial charge in [-0.1, -0.05) is 52.0 Å². The maximum atomic E-state index is 12.3. The average Bonchev–Trinajstić information content (AvgIpc) is 2.86. The van der Waals surface area contributed by atoms with Gasteiger partial charge in [0.1, 0.15) is 0 Å². The summed E-state index contributed by atoms with van der Waals surface area (Å²) in [7, 11) is 1.60. The van der Waals surface area contributed by atoms with Crippen molar-refractivity contribution in [2.24, 2.45) is 0 Å². The molecule has 2 rings (SSSR count). The number of benzene rings is 2. The van der Waals surface area contributed by atoms with Crippen LogP contribution in [0.2, 0.25) is 0 Å². The van der Waals surface area contributed by atoms with Crippen LogP contribution >= 0.6 is 0 Å². The molecule has 0 heterocycles. The van der Waals surface area contributed by atoms with Crippen molar-refractivity contribution < 1.29 is 23.8 Å². The van der Waals surface area contributed by atoms with E-state index in [-0.39, 0.29) is 11.9 Å². The summed E-state index contributed by atoms with van der Waals surface area (Å²) in [5.41, 5.74) is 1.89. The molecule has 0 aliphatic heterocycles. The molecule has 0 radical (unpaired) electrons. The third kappa shape index (κ3) is 9.69. The largest absolute Gasteiger partial charge is 0.493 e. The molecule has 1 N–H and O–H groups in total. The topological polar surface area (TPSA) is 73.9 Å². The third-order valence-electron chi connectivity index (χ3n) is 5.24. The van der Waals surface area contributed by atoms with Crippen LogP contribution in [-0.2, 0) is 9.53 Å². The van der Waals surface area contributed by atoms with Crippen LogP contribution in [0.5, 0.6) is 11.5 Å². The minimum atomic E-state index is -0.351. The molecule has 1 amide bonds. The highest BCUT2D eigenvalue weighted by Crippen LogP contribution is 2.29. The number of anilines is 1. The molecular weight excluding hydrogens is 430 g/mol. The van der Waals surface area contributed by atoms with E-state index in [0.717, 1.165) is 37.7 Å². The van der Waals surface area contributed by atoms with Gasteiger partial charge in [-0.3, -0.25) is 4.79 Å². The molecule has 0 atom stereocenters. The van der Waals surface area contributed by atoms with Crippen LogP contribution in [0.25, 0.3) is 6.08 Å². The summed E-state index contributed by atoms with van der Waals surface area (Å²) >= 11 is 0. The van der Waals surface area contributed by atoms with Gasteiger partial charge in [-0.05, 0) is 60.9 Å². The lowest BCUT2D eigenvalue weighted by Gasteiger charge is -2.11. The Hall–Kier alpha value is -3.28. The van der Waals surface area contributed by atoms with Crippen LogP contribution in [0.4, 0.5) is 5.69 Å². The number of nitrogens with one attached hydrogen (secondary N) is 1. The molecule has 184 valence electrons. The van der Waals surface area contributed by atoms with Gasteiger partial charge in [-0.2, -0.15) is 0 Å². The van der Waals surface area contributed by atoms with E-state index in [9.17, 15) is 9.59 Å². The number of esters is 1. The number of methoxy groups -OCH3 is 1. The Labute approximate surface area is 203 Å². The van der Waals surface area contributed by atoms with Gasteiger partial charge in [0.05, 0.1) is 25.9 Å². The highest BCUT2D eigenvalue weighted by atomic mass is 16.5. The number of hydrogen-bond donors (Lipinski definition) is 1. The van der Waals surface area contributed by atoms with Crippen LogP contribution < -0.4 is 14.8 Å². The molecule has 6 nitrogen and oxygen atoms in total. The van der Waals surface area contributed by atoms with Gasteiger partial charge in [0.25, 0.3) is 0 Å². The first-order valence-corrected chi connectivity index (χ1v) is 12.1. The molecule has 0 fully saturated rings. The second-order valence-corrected chi connectivity index (χ2v) is 8.06. The van der Waals surface area contributed by atoms with Gasteiger partial charge in [-0.25, -0.2) is 4.79 Å². The molecule has 0 saturated heterocycles. The second-order valence-electron chi connectivity index (χ2n) is 8.06. The van der Waals surface area contributed by atoms with Gasteiger partial charge in [0, 0.05) is 11.8 Å². The fraction of sp³-hybridized carbons (Fsp3) is 0.429. The maximum absolute atomic E-state index is 12.3. The molecule has 6 heteroatoms. The van der Waals surface area contributed by atoms with E-state index in [1.807, 2.05) is 18.2 Å². The van der Waals surface area contributed by atoms with Crippen LogP contribution in [0.3, 0.4) is 0 Å². The molecule has 34 heavy (non-hydrogen) atoms. The number of amides is 1. The van der Waals surface area contributed by atoms with Crippen molar-refractivity contribution in [3.05, 3.63) is 59.7 Å². The molecule has 0 aliphatic rings. The predicted octanol–water partition coefficient (Wildman–Crippen LogP) is 6.65. The first-order chi connectivity index (χ1) is 16.6. The SMILES string of the molecule is CCCCCCOc1ccc(/C=C/C(=O)Nc2ccc(C(=O)OCCCCC)cc2)cc1OC. The van der Waals surface area contributed by atoms with E-state index in [0.29, 0.717) is 36.0 Å². The quantitative estimate of drug-likeness (QED) is 0.180. The van der Waals surface area contributed by atoms with E-state index in [2.05, 4.69) is 19.2 Å². The summed E-state index contributed by atoms with van der Waals surface area (Å²) < 4.78 is 16.5. The zero-order valence-electron chi connectivity index (χ0n) is 20.6. The number of rotatable bonds is 15. The standard InChI is InChI=1S/C28H37NO5/c1-4-6-8-10-19-33-25-17-11-22(21-26(25)32-3)12-18-27(30)29-24-15-13-23(14-16-24)28(31)34-20-9-7-5-2/h11-18,21H,4-10,19-20H2,1-3H3,(H,29,30)/b18-12+. The third-order valence-corrected chi connectivity index (χ3v) is 5.24. The van der Waals surface area contributed by atoms with Crippen molar-refractivity contribution in [2.75, 3.05) is 25.6 Å². The molecule has 0 aromatic heterocycles. The normalized spacial score (nSPS) is 10.8. The molecule has 0 saturated carbocycles. The molecule has 0 bridgehead atoms. The summed E-state index contributed by atoms with van der Waals surface area (Å²) in [5.74, 6) is 0.709. The summed E-state index contributed by atoms with van der Waals surface area (Å²) in [4.78, 5) is 24.3. The Balaban J connectivity index is 1.86. The number of carbonyl (C=O) groups excluding carboxylic acids is 2. The van der Waals surface area contributed by atoms with E-state index in [4.69, 9.17) is 14.2 Å². The maximum Gasteiger partial charge on any atom is 0.338 e. The summed E-state index contributed by atoms with van der Waals surface area (Å²) in [6.45, 7) is 5.36.